The van der Waals surface area contributed by atoms with Gasteiger partial charge in [-0.15, -0.1) is 0 Å². The summed E-state index contributed by atoms with van der Waals surface area (Å²) in [6.07, 6.45) is 1.96. The first kappa shape index (κ1) is 9.61. The van der Waals surface area contributed by atoms with Crippen LogP contribution in [-0.2, 0) is 0 Å². The molecule has 1 saturated heterocycles. The number of aryl methyl sites for hydroxylation is 1. The van der Waals surface area contributed by atoms with Crippen molar-refractivity contribution in [3.8, 4) is 0 Å². The minimum absolute atomic E-state index is 0.200. The van der Waals surface area contributed by atoms with Gasteiger partial charge in [0, 0.05) is 6.61 Å². The van der Waals surface area contributed by atoms with Gasteiger partial charge in [-0.05, 0) is 32.2 Å². The highest BCUT2D eigenvalue weighted by Gasteiger charge is 2.24. The maximum atomic E-state index is 9.08. The molecule has 0 bridgehead atoms. The monoisotopic (exact) mass is 196 g/mol. The molecule has 1 aliphatic heterocycles. The lowest BCUT2D eigenvalue weighted by Gasteiger charge is -2.27. The van der Waals surface area contributed by atoms with Crippen molar-refractivity contribution < 1.29 is 5.11 Å². The summed E-state index contributed by atoms with van der Waals surface area (Å²) in [5.74, 6) is 2.05. The van der Waals surface area contributed by atoms with E-state index in [9.17, 15) is 0 Å². The maximum Gasteiger partial charge on any atom is 0.167 e. The Morgan fingerprint density at radius 3 is 3.07 bits per heavy atom. The quantitative estimate of drug-likeness (QED) is 0.629. The molecule has 1 aromatic rings. The Kier molecular flexibility index (Phi) is 2.79. The van der Waals surface area contributed by atoms with Crippen molar-refractivity contribution in [2.24, 2.45) is 5.92 Å². The minimum atomic E-state index is 0.200. The van der Waals surface area contributed by atoms with Crippen LogP contribution in [0.5, 0.6) is 0 Å². The highest BCUT2D eigenvalue weighted by molar-refractivity contribution is 4.97. The zero-order chi connectivity index (χ0) is 9.97. The van der Waals surface area contributed by atoms with Gasteiger partial charge in [-0.1, -0.05) is 0 Å². The normalized spacial score (nSPS) is 27.9. The highest BCUT2D eigenvalue weighted by atomic mass is 16.3. The average molecular weight is 196 g/mol. The second kappa shape index (κ2) is 4.06. The van der Waals surface area contributed by atoms with Crippen LogP contribution in [0.1, 0.15) is 30.5 Å². The first-order valence-corrected chi connectivity index (χ1v) is 5.02. The van der Waals surface area contributed by atoms with E-state index >= 15 is 0 Å². The molecule has 5 heteroatoms. The van der Waals surface area contributed by atoms with Crippen LogP contribution in [0.3, 0.4) is 0 Å². The molecule has 3 N–H and O–H groups in total. The number of rotatable bonds is 2. The maximum absolute atomic E-state index is 9.08. The van der Waals surface area contributed by atoms with Crippen molar-refractivity contribution >= 4 is 0 Å². The van der Waals surface area contributed by atoms with Gasteiger partial charge in [0.25, 0.3) is 0 Å². The van der Waals surface area contributed by atoms with Crippen LogP contribution in [0.4, 0.5) is 0 Å². The molecule has 14 heavy (non-hydrogen) atoms. The Hall–Kier alpha value is -0.940. The lowest BCUT2D eigenvalue weighted by molar-refractivity contribution is 0.174. The van der Waals surface area contributed by atoms with Crippen molar-refractivity contribution in [1.82, 2.24) is 20.5 Å². The van der Waals surface area contributed by atoms with Crippen molar-refractivity contribution in [1.29, 1.82) is 0 Å². The van der Waals surface area contributed by atoms with Crippen LogP contribution in [0.2, 0.25) is 0 Å². The standard InChI is InChI=1S/C9H16N4O/c1-6-11-9(13-12-6)8-4-7(5-14)2-3-10-8/h7-8,10,14H,2-5H2,1H3,(H,11,12,13). The second-order valence-corrected chi connectivity index (χ2v) is 3.86. The molecular formula is C9H16N4O. The van der Waals surface area contributed by atoms with E-state index in [1.807, 2.05) is 6.92 Å². The number of aromatic amines is 1. The summed E-state index contributed by atoms with van der Waals surface area (Å²) in [6.45, 7) is 3.09. The molecule has 78 valence electrons. The van der Waals surface area contributed by atoms with Crippen molar-refractivity contribution in [2.75, 3.05) is 13.2 Å². The van der Waals surface area contributed by atoms with Gasteiger partial charge >= 0.3 is 0 Å². The first-order chi connectivity index (χ1) is 6.79. The van der Waals surface area contributed by atoms with Crippen molar-refractivity contribution in [2.45, 2.75) is 25.8 Å². The van der Waals surface area contributed by atoms with E-state index in [4.69, 9.17) is 5.11 Å². The van der Waals surface area contributed by atoms with E-state index in [1.165, 1.54) is 0 Å². The van der Waals surface area contributed by atoms with E-state index in [1.54, 1.807) is 0 Å². The van der Waals surface area contributed by atoms with Crippen LogP contribution in [-0.4, -0.2) is 33.4 Å². The third-order valence-electron chi connectivity index (χ3n) is 2.70. The molecule has 1 fully saturated rings. The lowest BCUT2D eigenvalue weighted by Crippen LogP contribution is -2.33. The number of piperidine rings is 1. The Bertz CT molecular complexity index is 299. The molecule has 0 aliphatic carbocycles. The van der Waals surface area contributed by atoms with E-state index in [-0.39, 0.29) is 12.6 Å². The number of H-pyrrole nitrogens is 1. The van der Waals surface area contributed by atoms with Gasteiger partial charge in [0.1, 0.15) is 5.82 Å². The molecule has 0 spiro atoms. The van der Waals surface area contributed by atoms with Gasteiger partial charge in [0.05, 0.1) is 6.04 Å². The Morgan fingerprint density at radius 2 is 2.43 bits per heavy atom. The van der Waals surface area contributed by atoms with Crippen LogP contribution < -0.4 is 5.32 Å². The van der Waals surface area contributed by atoms with Gasteiger partial charge in [-0.2, -0.15) is 5.10 Å². The second-order valence-electron chi connectivity index (χ2n) is 3.86. The van der Waals surface area contributed by atoms with Gasteiger partial charge in [0.2, 0.25) is 0 Å². The molecule has 2 heterocycles. The predicted octanol–water partition coefficient (Wildman–Crippen LogP) is 0.146. The fourth-order valence-corrected chi connectivity index (χ4v) is 1.87. The summed E-state index contributed by atoms with van der Waals surface area (Å²) in [5.41, 5.74) is 0. The molecule has 5 nitrogen and oxygen atoms in total. The SMILES string of the molecule is Cc1nc(C2CC(CO)CCN2)n[nH]1. The number of hydrogen-bond acceptors (Lipinski definition) is 4. The molecule has 2 atom stereocenters. The largest absolute Gasteiger partial charge is 0.396 e. The number of hydrogen-bond donors (Lipinski definition) is 3. The zero-order valence-electron chi connectivity index (χ0n) is 8.32. The summed E-state index contributed by atoms with van der Waals surface area (Å²) in [4.78, 5) is 4.29. The minimum Gasteiger partial charge on any atom is -0.396 e. The van der Waals surface area contributed by atoms with Crippen LogP contribution >= 0.6 is 0 Å². The van der Waals surface area contributed by atoms with E-state index in [0.29, 0.717) is 5.92 Å². The number of nitrogens with zero attached hydrogens (tertiary/aromatic N) is 2. The van der Waals surface area contributed by atoms with Crippen molar-refractivity contribution in [3.05, 3.63) is 11.6 Å². The van der Waals surface area contributed by atoms with E-state index in [2.05, 4.69) is 20.5 Å². The molecule has 2 unspecified atom stereocenters. The Labute approximate surface area is 82.9 Å². The molecule has 1 aliphatic rings. The smallest absolute Gasteiger partial charge is 0.167 e. The van der Waals surface area contributed by atoms with E-state index < -0.39 is 0 Å². The van der Waals surface area contributed by atoms with Crippen LogP contribution in [0.15, 0.2) is 0 Å². The first-order valence-electron chi connectivity index (χ1n) is 5.02. The number of nitrogens with one attached hydrogen (secondary N) is 2. The predicted molar refractivity (Wildman–Crippen MR) is 51.7 cm³/mol. The summed E-state index contributed by atoms with van der Waals surface area (Å²) in [6, 6.07) is 0.200. The number of aliphatic hydroxyl groups is 1. The lowest BCUT2D eigenvalue weighted by atomic mass is 9.93. The molecular weight excluding hydrogens is 180 g/mol. The van der Waals surface area contributed by atoms with Crippen molar-refractivity contribution in [3.63, 3.8) is 0 Å². The molecule has 2 rings (SSSR count). The Balaban J connectivity index is 2.04. The fraction of sp³-hybridized carbons (Fsp3) is 0.778. The molecule has 0 aromatic carbocycles. The summed E-state index contributed by atoms with van der Waals surface area (Å²) in [7, 11) is 0. The van der Waals surface area contributed by atoms with E-state index in [0.717, 1.165) is 31.0 Å². The third-order valence-corrected chi connectivity index (χ3v) is 2.70. The summed E-state index contributed by atoms with van der Waals surface area (Å²) < 4.78 is 0. The van der Waals surface area contributed by atoms with Gasteiger partial charge in [-0.25, -0.2) is 4.98 Å². The average Bonchev–Trinajstić information content (AvgIpc) is 2.65. The number of aromatic nitrogens is 3. The molecule has 0 radical (unpaired) electrons. The summed E-state index contributed by atoms with van der Waals surface area (Å²) in [5, 5.41) is 19.4. The topological polar surface area (TPSA) is 73.8 Å². The van der Waals surface area contributed by atoms with Crippen LogP contribution in [0.25, 0.3) is 0 Å². The fourth-order valence-electron chi connectivity index (χ4n) is 1.87. The Morgan fingerprint density at radius 1 is 1.57 bits per heavy atom. The zero-order valence-corrected chi connectivity index (χ0v) is 8.32. The summed E-state index contributed by atoms with van der Waals surface area (Å²) >= 11 is 0. The van der Waals surface area contributed by atoms with Gasteiger partial charge in [0.15, 0.2) is 5.82 Å². The highest BCUT2D eigenvalue weighted by Crippen LogP contribution is 2.24. The third kappa shape index (κ3) is 1.93. The molecule has 0 saturated carbocycles. The van der Waals surface area contributed by atoms with Gasteiger partial charge in [-0.3, -0.25) is 5.10 Å². The molecule has 0 amide bonds. The van der Waals surface area contributed by atoms with Crippen LogP contribution in [0, 0.1) is 12.8 Å². The number of aliphatic hydroxyl groups excluding tert-OH is 1. The van der Waals surface area contributed by atoms with Gasteiger partial charge < -0.3 is 10.4 Å². The molecule has 1 aromatic heterocycles.